The molecule has 0 aliphatic carbocycles. The van der Waals surface area contributed by atoms with E-state index in [9.17, 15) is 0 Å². The first-order valence-corrected chi connectivity index (χ1v) is 6.53. The van der Waals surface area contributed by atoms with E-state index in [-0.39, 0.29) is 0 Å². The van der Waals surface area contributed by atoms with Crippen molar-refractivity contribution < 1.29 is 0 Å². The molecule has 0 saturated carbocycles. The van der Waals surface area contributed by atoms with Crippen LogP contribution in [0.5, 0.6) is 0 Å². The summed E-state index contributed by atoms with van der Waals surface area (Å²) in [5.74, 6) is 1.07. The smallest absolute Gasteiger partial charge is 0.114 e. The number of fused-ring (bicyclic) bond motifs is 1. The largest absolute Gasteiger partial charge is 0.399 e. The number of rotatable bonds is 2. The van der Waals surface area contributed by atoms with Gasteiger partial charge < -0.3 is 5.73 Å². The van der Waals surface area contributed by atoms with Crippen molar-refractivity contribution in [3.63, 3.8) is 0 Å². The summed E-state index contributed by atoms with van der Waals surface area (Å²) in [7, 11) is 0. The summed E-state index contributed by atoms with van der Waals surface area (Å²) in [6.07, 6.45) is 0.907. The molecule has 0 bridgehead atoms. The van der Waals surface area contributed by atoms with E-state index in [2.05, 4.69) is 33.3 Å². The highest BCUT2D eigenvalue weighted by atomic mass is 32.1. The van der Waals surface area contributed by atoms with Gasteiger partial charge in [0.05, 0.1) is 16.7 Å². The van der Waals surface area contributed by atoms with Gasteiger partial charge in [0.25, 0.3) is 0 Å². The fourth-order valence-corrected chi connectivity index (χ4v) is 2.68. The second kappa shape index (κ2) is 3.89. The van der Waals surface area contributed by atoms with E-state index in [1.165, 1.54) is 5.69 Å². The third-order valence-electron chi connectivity index (χ3n) is 2.83. The van der Waals surface area contributed by atoms with E-state index < -0.39 is 0 Å². The summed E-state index contributed by atoms with van der Waals surface area (Å²) >= 11 is 1.70. The quantitative estimate of drug-likeness (QED) is 0.702. The van der Waals surface area contributed by atoms with Gasteiger partial charge in [0.2, 0.25) is 0 Å². The van der Waals surface area contributed by atoms with Crippen molar-refractivity contribution in [1.82, 2.24) is 9.55 Å². The highest BCUT2D eigenvalue weighted by molar-refractivity contribution is 7.08. The minimum atomic E-state index is 0.759. The van der Waals surface area contributed by atoms with Crippen LogP contribution in [0.2, 0.25) is 0 Å². The van der Waals surface area contributed by atoms with Crippen molar-refractivity contribution >= 4 is 28.1 Å². The molecule has 1 aromatic carbocycles. The van der Waals surface area contributed by atoms with Gasteiger partial charge in [0.1, 0.15) is 5.82 Å². The number of nitrogens with zero attached hydrogens (tertiary/aromatic N) is 2. The van der Waals surface area contributed by atoms with Gasteiger partial charge in [-0.3, -0.25) is 4.57 Å². The Morgan fingerprint density at radius 3 is 2.94 bits per heavy atom. The SMILES string of the molecule is CCc1nc2cc(N)ccc2n1-c1ccsc1. The fourth-order valence-electron chi connectivity index (χ4n) is 2.06. The minimum Gasteiger partial charge on any atom is -0.399 e. The molecule has 2 aromatic heterocycles. The molecule has 17 heavy (non-hydrogen) atoms. The average molecular weight is 243 g/mol. The Labute approximate surface area is 104 Å². The van der Waals surface area contributed by atoms with Gasteiger partial charge in [0, 0.05) is 17.5 Å². The Kier molecular flexibility index (Phi) is 2.37. The van der Waals surface area contributed by atoms with Crippen LogP contribution >= 0.6 is 11.3 Å². The Bertz CT molecular complexity index is 653. The van der Waals surface area contributed by atoms with Crippen LogP contribution < -0.4 is 5.73 Å². The first-order valence-electron chi connectivity index (χ1n) is 5.59. The lowest BCUT2D eigenvalue weighted by Crippen LogP contribution is -1.98. The average Bonchev–Trinajstić information content (AvgIpc) is 2.93. The van der Waals surface area contributed by atoms with E-state index in [0.29, 0.717) is 0 Å². The lowest BCUT2D eigenvalue weighted by atomic mass is 10.3. The van der Waals surface area contributed by atoms with Gasteiger partial charge in [-0.15, -0.1) is 0 Å². The second-order valence-corrected chi connectivity index (χ2v) is 4.73. The number of nitrogens with two attached hydrogens (primary N) is 1. The Balaban J connectivity index is 2.35. The van der Waals surface area contributed by atoms with Gasteiger partial charge in [-0.2, -0.15) is 11.3 Å². The highest BCUT2D eigenvalue weighted by Crippen LogP contribution is 2.24. The van der Waals surface area contributed by atoms with E-state index in [1.807, 2.05) is 18.2 Å². The number of thiophene rings is 1. The molecule has 3 nitrogen and oxygen atoms in total. The predicted molar refractivity (Wildman–Crippen MR) is 72.7 cm³/mol. The molecule has 0 aliphatic heterocycles. The summed E-state index contributed by atoms with van der Waals surface area (Å²) in [4.78, 5) is 4.64. The van der Waals surface area contributed by atoms with Crippen molar-refractivity contribution in [3.05, 3.63) is 40.8 Å². The summed E-state index contributed by atoms with van der Waals surface area (Å²) < 4.78 is 2.20. The molecule has 0 spiro atoms. The monoisotopic (exact) mass is 243 g/mol. The molecule has 2 heterocycles. The molecule has 3 aromatic rings. The van der Waals surface area contributed by atoms with E-state index >= 15 is 0 Å². The Morgan fingerprint density at radius 1 is 1.35 bits per heavy atom. The normalized spacial score (nSPS) is 11.1. The fraction of sp³-hybridized carbons (Fsp3) is 0.154. The summed E-state index contributed by atoms with van der Waals surface area (Å²) in [6, 6.07) is 8.00. The van der Waals surface area contributed by atoms with E-state index in [4.69, 9.17) is 5.73 Å². The van der Waals surface area contributed by atoms with Crippen molar-refractivity contribution in [2.75, 3.05) is 5.73 Å². The number of hydrogen-bond donors (Lipinski definition) is 1. The van der Waals surface area contributed by atoms with Crippen LogP contribution in [0.25, 0.3) is 16.7 Å². The lowest BCUT2D eigenvalue weighted by Gasteiger charge is -2.04. The van der Waals surface area contributed by atoms with Crippen molar-refractivity contribution in [3.8, 4) is 5.69 Å². The van der Waals surface area contributed by atoms with Crippen LogP contribution in [0.15, 0.2) is 35.0 Å². The molecule has 0 fully saturated rings. The molecule has 4 heteroatoms. The number of nitrogen functional groups attached to an aromatic ring is 1. The zero-order valence-corrected chi connectivity index (χ0v) is 10.4. The van der Waals surface area contributed by atoms with Gasteiger partial charge >= 0.3 is 0 Å². The van der Waals surface area contributed by atoms with Gasteiger partial charge in [-0.25, -0.2) is 4.98 Å². The molecule has 0 radical (unpaired) electrons. The minimum absolute atomic E-state index is 0.759. The van der Waals surface area contributed by atoms with Crippen LogP contribution in [0.4, 0.5) is 5.69 Å². The number of benzene rings is 1. The molecule has 0 unspecified atom stereocenters. The standard InChI is InChI=1S/C13H13N3S/c1-2-13-15-11-7-9(14)3-4-12(11)16(13)10-5-6-17-8-10/h3-8H,2,14H2,1H3. The molecule has 3 rings (SSSR count). The zero-order chi connectivity index (χ0) is 11.8. The van der Waals surface area contributed by atoms with E-state index in [1.54, 1.807) is 11.3 Å². The maximum absolute atomic E-state index is 5.80. The van der Waals surface area contributed by atoms with Gasteiger partial charge in [-0.05, 0) is 29.6 Å². The summed E-state index contributed by atoms with van der Waals surface area (Å²) in [5, 5.41) is 4.22. The molecule has 0 aliphatic rings. The number of imidazole rings is 1. The maximum atomic E-state index is 5.80. The number of hydrogen-bond acceptors (Lipinski definition) is 3. The Morgan fingerprint density at radius 2 is 2.24 bits per heavy atom. The third kappa shape index (κ3) is 1.61. The van der Waals surface area contributed by atoms with Crippen LogP contribution in [-0.2, 0) is 6.42 Å². The van der Waals surface area contributed by atoms with Crippen molar-refractivity contribution in [2.45, 2.75) is 13.3 Å². The van der Waals surface area contributed by atoms with Crippen molar-refractivity contribution in [1.29, 1.82) is 0 Å². The number of aromatic nitrogens is 2. The first-order chi connectivity index (χ1) is 8.29. The number of aryl methyl sites for hydroxylation is 1. The Hall–Kier alpha value is -1.81. The van der Waals surface area contributed by atoms with Crippen LogP contribution in [0.1, 0.15) is 12.7 Å². The molecule has 2 N–H and O–H groups in total. The summed E-state index contributed by atoms with van der Waals surface area (Å²) in [6.45, 7) is 2.12. The molecule has 0 saturated heterocycles. The zero-order valence-electron chi connectivity index (χ0n) is 9.55. The molecular formula is C13H13N3S. The molecular weight excluding hydrogens is 230 g/mol. The predicted octanol–water partition coefficient (Wildman–Crippen LogP) is 3.23. The molecule has 86 valence electrons. The van der Waals surface area contributed by atoms with Crippen LogP contribution in [0, 0.1) is 0 Å². The maximum Gasteiger partial charge on any atom is 0.114 e. The first kappa shape index (κ1) is 10.4. The van der Waals surface area contributed by atoms with Crippen LogP contribution in [-0.4, -0.2) is 9.55 Å². The van der Waals surface area contributed by atoms with Crippen molar-refractivity contribution in [2.24, 2.45) is 0 Å². The summed E-state index contributed by atoms with van der Waals surface area (Å²) in [5.41, 5.74) is 9.82. The van der Waals surface area contributed by atoms with E-state index in [0.717, 1.165) is 29.0 Å². The van der Waals surface area contributed by atoms with Crippen LogP contribution in [0.3, 0.4) is 0 Å². The molecule has 0 atom stereocenters. The van der Waals surface area contributed by atoms with Gasteiger partial charge in [0.15, 0.2) is 0 Å². The topological polar surface area (TPSA) is 43.8 Å². The third-order valence-corrected chi connectivity index (χ3v) is 3.50. The lowest BCUT2D eigenvalue weighted by molar-refractivity contribution is 0.911. The molecule has 0 amide bonds. The second-order valence-electron chi connectivity index (χ2n) is 3.95. The van der Waals surface area contributed by atoms with Gasteiger partial charge in [-0.1, -0.05) is 6.92 Å². The highest BCUT2D eigenvalue weighted by Gasteiger charge is 2.11. The number of anilines is 1.